The van der Waals surface area contributed by atoms with Crippen molar-refractivity contribution >= 4 is 11.2 Å². The van der Waals surface area contributed by atoms with Crippen molar-refractivity contribution in [1.82, 2.24) is 0 Å². The van der Waals surface area contributed by atoms with Crippen LogP contribution in [0.4, 0.5) is 0 Å². The lowest BCUT2D eigenvalue weighted by Gasteiger charge is -1.90. The standard InChI is InChI=1S/C5H12O2.C2H6OS/c6-4-2-1-3-5-7;1-4(2)3/h6-7H,1-5H2;1-2H3. The summed E-state index contributed by atoms with van der Waals surface area (Å²) in [4.78, 5) is 0. The molecule has 0 saturated heterocycles. The predicted molar refractivity (Wildman–Crippen MR) is 48.0 cm³/mol. The zero-order chi connectivity index (χ0) is 9.11. The highest BCUT2D eigenvalue weighted by molar-refractivity contribution is 7.89. The van der Waals surface area contributed by atoms with Gasteiger partial charge in [0.15, 0.2) is 0 Å². The molecule has 0 spiro atoms. The monoisotopic (exact) mass is 182 g/mol. The van der Waals surface area contributed by atoms with Gasteiger partial charge in [0, 0.05) is 13.2 Å². The molecule has 0 rings (SSSR count). The molecule has 0 saturated carbocycles. The molecule has 4 heteroatoms. The summed E-state index contributed by atoms with van der Waals surface area (Å²) in [6, 6.07) is 0. The summed E-state index contributed by atoms with van der Waals surface area (Å²) in [5.41, 5.74) is 0. The lowest BCUT2D eigenvalue weighted by molar-refractivity contribution is 0.257. The van der Waals surface area contributed by atoms with E-state index in [2.05, 4.69) is 0 Å². The minimum absolute atomic E-state index is 0.250. The van der Waals surface area contributed by atoms with Crippen LogP contribution in [0.25, 0.3) is 0 Å². The minimum atomic E-state index is -0.611. The van der Waals surface area contributed by atoms with Gasteiger partial charge in [0.05, 0.1) is 12.5 Å². The summed E-state index contributed by atoms with van der Waals surface area (Å²) >= 11 is -0.611. The van der Waals surface area contributed by atoms with Crippen molar-refractivity contribution < 1.29 is 14.8 Å². The van der Waals surface area contributed by atoms with E-state index in [0.717, 1.165) is 19.3 Å². The molecule has 0 fully saturated rings. The Morgan fingerprint density at radius 3 is 1.45 bits per heavy atom. The maximum Gasteiger partial charge on any atom is 0.0946 e. The lowest BCUT2D eigenvalue weighted by atomic mass is 10.2. The predicted octanol–water partition coefficient (Wildman–Crippen LogP) is 0.136. The van der Waals surface area contributed by atoms with Crippen LogP contribution in [-0.2, 0) is 11.2 Å². The van der Waals surface area contributed by atoms with E-state index >= 15 is 0 Å². The lowest BCUT2D eigenvalue weighted by Crippen LogP contribution is -1.86. The first-order valence-electron chi connectivity index (χ1n) is 3.62. The van der Waals surface area contributed by atoms with Crippen molar-refractivity contribution in [3.8, 4) is 0 Å². The largest absolute Gasteiger partial charge is 0.617 e. The molecule has 0 atom stereocenters. The van der Waals surface area contributed by atoms with Gasteiger partial charge in [-0.2, -0.15) is 0 Å². The van der Waals surface area contributed by atoms with Gasteiger partial charge in [-0.25, -0.2) is 0 Å². The zero-order valence-electron chi connectivity index (χ0n) is 7.25. The average Bonchev–Trinajstić information content (AvgIpc) is 1.88. The fourth-order valence-electron chi connectivity index (χ4n) is 0.400. The molecule has 0 aromatic rings. The fourth-order valence-corrected chi connectivity index (χ4v) is 0.400. The molecule has 2 N–H and O–H groups in total. The Hall–Kier alpha value is 0.230. The van der Waals surface area contributed by atoms with E-state index in [0.29, 0.717) is 0 Å². The highest BCUT2D eigenvalue weighted by atomic mass is 32.2. The van der Waals surface area contributed by atoms with Crippen LogP contribution in [0.2, 0.25) is 0 Å². The van der Waals surface area contributed by atoms with Crippen molar-refractivity contribution in [1.29, 1.82) is 0 Å². The van der Waals surface area contributed by atoms with E-state index in [4.69, 9.17) is 10.2 Å². The van der Waals surface area contributed by atoms with Crippen LogP contribution < -0.4 is 0 Å². The third-order valence-corrected chi connectivity index (χ3v) is 0.816. The van der Waals surface area contributed by atoms with Gasteiger partial charge >= 0.3 is 0 Å². The summed E-state index contributed by atoms with van der Waals surface area (Å²) in [5, 5.41) is 16.4. The van der Waals surface area contributed by atoms with Gasteiger partial charge < -0.3 is 14.8 Å². The molecule has 0 aromatic heterocycles. The highest BCUT2D eigenvalue weighted by Gasteiger charge is 1.81. The molecule has 0 amide bonds. The second-order valence-electron chi connectivity index (χ2n) is 2.25. The smallest absolute Gasteiger partial charge is 0.0946 e. The Bertz CT molecular complexity index is 52.9. The third-order valence-electron chi connectivity index (χ3n) is 0.816. The summed E-state index contributed by atoms with van der Waals surface area (Å²) < 4.78 is 9.56. The van der Waals surface area contributed by atoms with E-state index in [1.807, 2.05) is 0 Å². The molecule has 3 nitrogen and oxygen atoms in total. The Morgan fingerprint density at radius 1 is 1.00 bits per heavy atom. The van der Waals surface area contributed by atoms with Crippen molar-refractivity contribution in [3.63, 3.8) is 0 Å². The molecule has 0 radical (unpaired) electrons. The number of hydrogen-bond donors (Lipinski definition) is 2. The van der Waals surface area contributed by atoms with Crippen LogP contribution >= 0.6 is 0 Å². The second-order valence-corrected chi connectivity index (χ2v) is 3.73. The second kappa shape index (κ2) is 12.9. The van der Waals surface area contributed by atoms with Gasteiger partial charge in [-0.1, -0.05) is 11.2 Å². The highest BCUT2D eigenvalue weighted by Crippen LogP contribution is 1.90. The Labute approximate surface area is 71.6 Å². The quantitative estimate of drug-likeness (QED) is 0.480. The first-order chi connectivity index (χ1) is 5.15. The Kier molecular flexibility index (Phi) is 16.1. The van der Waals surface area contributed by atoms with Crippen molar-refractivity contribution in [2.45, 2.75) is 19.3 Å². The maximum absolute atomic E-state index is 9.56. The zero-order valence-corrected chi connectivity index (χ0v) is 8.06. The summed E-state index contributed by atoms with van der Waals surface area (Å²) in [6.45, 7) is 0.500. The van der Waals surface area contributed by atoms with Gasteiger partial charge in [-0.05, 0) is 19.3 Å². The Morgan fingerprint density at radius 2 is 1.27 bits per heavy atom. The molecule has 0 unspecified atom stereocenters. The third kappa shape index (κ3) is 38.7. The van der Waals surface area contributed by atoms with E-state index in [1.165, 1.54) is 0 Å². The minimum Gasteiger partial charge on any atom is -0.617 e. The van der Waals surface area contributed by atoms with Gasteiger partial charge in [0.1, 0.15) is 0 Å². The van der Waals surface area contributed by atoms with Crippen LogP contribution in [0.1, 0.15) is 19.3 Å². The molecule has 0 aromatic carbocycles. The molecule has 11 heavy (non-hydrogen) atoms. The van der Waals surface area contributed by atoms with Gasteiger partial charge in [-0.15, -0.1) is 0 Å². The normalized spacial score (nSPS) is 9.27. The van der Waals surface area contributed by atoms with Crippen molar-refractivity contribution in [3.05, 3.63) is 0 Å². The maximum atomic E-state index is 9.56. The van der Waals surface area contributed by atoms with Crippen LogP contribution in [0, 0.1) is 0 Å². The summed E-state index contributed by atoms with van der Waals surface area (Å²) in [7, 11) is 0. The van der Waals surface area contributed by atoms with Crippen LogP contribution in [0.3, 0.4) is 0 Å². The molecule has 0 aliphatic heterocycles. The van der Waals surface area contributed by atoms with Crippen LogP contribution in [0.15, 0.2) is 0 Å². The summed E-state index contributed by atoms with van der Waals surface area (Å²) in [5.74, 6) is 0. The fraction of sp³-hybridized carbons (Fsp3) is 1.00. The van der Waals surface area contributed by atoms with Crippen LogP contribution in [-0.4, -0.2) is 40.5 Å². The van der Waals surface area contributed by atoms with Gasteiger partial charge in [0.25, 0.3) is 0 Å². The summed E-state index contributed by atoms with van der Waals surface area (Å²) in [6.07, 6.45) is 5.86. The van der Waals surface area contributed by atoms with E-state index in [9.17, 15) is 4.55 Å². The number of unbranched alkanes of at least 4 members (excludes halogenated alkanes) is 2. The van der Waals surface area contributed by atoms with Crippen molar-refractivity contribution in [2.75, 3.05) is 25.7 Å². The molecular formula is C7H18O3S. The SMILES string of the molecule is C[S+](C)[O-].OCCCCCO. The number of aliphatic hydroxyl groups excluding tert-OH is 2. The van der Waals surface area contributed by atoms with Gasteiger partial charge in [0.2, 0.25) is 0 Å². The molecule has 0 aliphatic rings. The Balaban J connectivity index is 0. The van der Waals surface area contributed by atoms with Crippen molar-refractivity contribution in [2.24, 2.45) is 0 Å². The first-order valence-corrected chi connectivity index (χ1v) is 5.58. The molecule has 70 valence electrons. The van der Waals surface area contributed by atoms with E-state index in [-0.39, 0.29) is 13.2 Å². The molecule has 0 heterocycles. The molecule has 0 bridgehead atoms. The first kappa shape index (κ1) is 13.8. The number of rotatable bonds is 4. The topological polar surface area (TPSA) is 63.5 Å². The number of aliphatic hydroxyl groups is 2. The van der Waals surface area contributed by atoms with Crippen LogP contribution in [0.5, 0.6) is 0 Å². The van der Waals surface area contributed by atoms with E-state index < -0.39 is 11.2 Å². The average molecular weight is 182 g/mol. The molecular weight excluding hydrogens is 164 g/mol. The van der Waals surface area contributed by atoms with E-state index in [1.54, 1.807) is 12.5 Å². The molecule has 0 aliphatic carbocycles. The number of hydrogen-bond acceptors (Lipinski definition) is 3. The van der Waals surface area contributed by atoms with Gasteiger partial charge in [-0.3, -0.25) is 0 Å².